The number of aromatic nitrogens is 3. The quantitative estimate of drug-likeness (QED) is 0.191. The average molecular weight is 592 g/mol. The summed E-state index contributed by atoms with van der Waals surface area (Å²) in [6.07, 6.45) is 0. The van der Waals surface area contributed by atoms with E-state index in [2.05, 4.69) is 115 Å². The molecule has 0 fully saturated rings. The predicted molar refractivity (Wildman–Crippen MR) is 189 cm³/mol. The minimum absolute atomic E-state index is 0.656. The van der Waals surface area contributed by atoms with Crippen molar-refractivity contribution in [3.63, 3.8) is 0 Å². The number of thiophene rings is 1. The van der Waals surface area contributed by atoms with E-state index in [4.69, 9.17) is 15.0 Å². The van der Waals surface area contributed by atoms with Crippen LogP contribution < -0.4 is 0 Å². The molecular weight excluding hydrogens is 567 g/mol. The zero-order valence-electron chi connectivity index (χ0n) is 24.2. The van der Waals surface area contributed by atoms with Crippen molar-refractivity contribution in [3.05, 3.63) is 152 Å². The molecule has 7 aromatic carbocycles. The Morgan fingerprint density at radius 2 is 0.867 bits per heavy atom. The topological polar surface area (TPSA) is 38.7 Å². The lowest BCUT2D eigenvalue weighted by Gasteiger charge is -2.11. The third-order valence-electron chi connectivity index (χ3n) is 8.52. The molecule has 0 unspecified atom stereocenters. The van der Waals surface area contributed by atoms with Crippen molar-refractivity contribution >= 4 is 53.1 Å². The van der Waals surface area contributed by atoms with Gasteiger partial charge in [0.2, 0.25) is 0 Å². The SMILES string of the molecule is c1ccc(-c2ccc(-c3nc(-c4ccccc4)nc(-c4ccc5ccc6ccc7c8ccccc8sc7c6c5c4)n3)cc2)cc1. The highest BCUT2D eigenvalue weighted by Crippen LogP contribution is 2.41. The maximum Gasteiger partial charge on any atom is 0.164 e. The van der Waals surface area contributed by atoms with Gasteiger partial charge in [-0.15, -0.1) is 11.3 Å². The summed E-state index contributed by atoms with van der Waals surface area (Å²) in [5, 5.41) is 7.53. The minimum atomic E-state index is 0.656. The Labute approximate surface area is 264 Å². The predicted octanol–water partition coefficient (Wildman–Crippen LogP) is 11.2. The van der Waals surface area contributed by atoms with Crippen molar-refractivity contribution in [1.29, 1.82) is 0 Å². The highest BCUT2D eigenvalue weighted by molar-refractivity contribution is 7.26. The molecule has 0 radical (unpaired) electrons. The van der Waals surface area contributed by atoms with Crippen LogP contribution in [0.25, 0.3) is 87.0 Å². The Bertz CT molecular complexity index is 2520. The second-order valence-corrected chi connectivity index (χ2v) is 12.3. The standard InChI is InChI=1S/C41H25N3S/c1-3-9-26(10-4-1)27-15-20-31(21-16-27)40-42-39(30-11-5-2-6-12-30)43-41(44-40)32-22-18-28-17-19-29-23-24-34-33-13-7-8-14-36(33)45-38(34)37(29)35(28)25-32/h1-25H. The summed E-state index contributed by atoms with van der Waals surface area (Å²) >= 11 is 1.87. The molecule has 2 heterocycles. The number of nitrogens with zero attached hydrogens (tertiary/aromatic N) is 3. The Kier molecular flexibility index (Phi) is 6.00. The molecule has 45 heavy (non-hydrogen) atoms. The van der Waals surface area contributed by atoms with E-state index in [-0.39, 0.29) is 0 Å². The maximum absolute atomic E-state index is 5.07. The number of benzene rings is 7. The first-order valence-electron chi connectivity index (χ1n) is 15.0. The van der Waals surface area contributed by atoms with E-state index in [1.165, 1.54) is 47.3 Å². The molecule has 0 spiro atoms. The summed E-state index contributed by atoms with van der Waals surface area (Å²) in [5.41, 5.74) is 5.22. The third-order valence-corrected chi connectivity index (χ3v) is 9.72. The molecular formula is C41H25N3S. The Morgan fingerprint density at radius 1 is 0.356 bits per heavy atom. The molecule has 0 bridgehead atoms. The lowest BCUT2D eigenvalue weighted by Crippen LogP contribution is -2.00. The van der Waals surface area contributed by atoms with E-state index in [1.54, 1.807) is 0 Å². The highest BCUT2D eigenvalue weighted by atomic mass is 32.1. The lowest BCUT2D eigenvalue weighted by molar-refractivity contribution is 1.07. The normalized spacial score (nSPS) is 11.6. The van der Waals surface area contributed by atoms with E-state index in [0.29, 0.717) is 17.5 Å². The van der Waals surface area contributed by atoms with Gasteiger partial charge in [0.05, 0.1) is 0 Å². The largest absolute Gasteiger partial charge is 0.208 e. The van der Waals surface area contributed by atoms with E-state index in [0.717, 1.165) is 22.3 Å². The first-order chi connectivity index (χ1) is 22.3. The smallest absolute Gasteiger partial charge is 0.164 e. The first-order valence-corrected chi connectivity index (χ1v) is 15.8. The molecule has 0 N–H and O–H groups in total. The second kappa shape index (κ2) is 10.5. The van der Waals surface area contributed by atoms with Gasteiger partial charge in [-0.25, -0.2) is 15.0 Å². The maximum atomic E-state index is 5.07. The van der Waals surface area contributed by atoms with Crippen LogP contribution in [0.3, 0.4) is 0 Å². The first kappa shape index (κ1) is 25.8. The van der Waals surface area contributed by atoms with Crippen LogP contribution in [0.15, 0.2) is 152 Å². The zero-order chi connectivity index (χ0) is 29.7. The summed E-state index contributed by atoms with van der Waals surface area (Å²) in [6.45, 7) is 0. The van der Waals surface area contributed by atoms with Crippen LogP contribution >= 0.6 is 11.3 Å². The molecule has 9 aromatic rings. The molecule has 0 aliphatic heterocycles. The fraction of sp³-hybridized carbons (Fsp3) is 0. The van der Waals surface area contributed by atoms with Gasteiger partial charge in [0.15, 0.2) is 17.5 Å². The fourth-order valence-electron chi connectivity index (χ4n) is 6.25. The van der Waals surface area contributed by atoms with Crippen LogP contribution in [-0.4, -0.2) is 15.0 Å². The van der Waals surface area contributed by atoms with Crippen molar-refractivity contribution in [2.75, 3.05) is 0 Å². The second-order valence-electron chi connectivity index (χ2n) is 11.3. The van der Waals surface area contributed by atoms with Crippen LogP contribution in [0.5, 0.6) is 0 Å². The Morgan fingerprint density at radius 3 is 1.62 bits per heavy atom. The summed E-state index contributed by atoms with van der Waals surface area (Å²) < 4.78 is 2.62. The summed E-state index contributed by atoms with van der Waals surface area (Å²) in [5.74, 6) is 1.98. The van der Waals surface area contributed by atoms with Crippen molar-refractivity contribution in [3.8, 4) is 45.3 Å². The Hall–Kier alpha value is -5.71. The lowest BCUT2D eigenvalue weighted by atomic mass is 9.98. The minimum Gasteiger partial charge on any atom is -0.208 e. The van der Waals surface area contributed by atoms with E-state index in [1.807, 2.05) is 47.7 Å². The van der Waals surface area contributed by atoms with Gasteiger partial charge >= 0.3 is 0 Å². The van der Waals surface area contributed by atoms with Crippen molar-refractivity contribution in [1.82, 2.24) is 15.0 Å². The van der Waals surface area contributed by atoms with Gasteiger partial charge in [-0.2, -0.15) is 0 Å². The summed E-state index contributed by atoms with van der Waals surface area (Å²) in [6, 6.07) is 53.2. The molecule has 210 valence electrons. The number of fused-ring (bicyclic) bond motifs is 7. The van der Waals surface area contributed by atoms with E-state index < -0.39 is 0 Å². The van der Waals surface area contributed by atoms with Gasteiger partial charge in [0, 0.05) is 42.2 Å². The van der Waals surface area contributed by atoms with Gasteiger partial charge in [0.25, 0.3) is 0 Å². The van der Waals surface area contributed by atoms with Crippen LogP contribution in [0.1, 0.15) is 0 Å². The van der Waals surface area contributed by atoms with Gasteiger partial charge in [-0.1, -0.05) is 140 Å². The van der Waals surface area contributed by atoms with Crippen LogP contribution in [-0.2, 0) is 0 Å². The number of hydrogen-bond donors (Lipinski definition) is 0. The molecule has 2 aromatic heterocycles. The molecule has 0 saturated carbocycles. The summed E-state index contributed by atoms with van der Waals surface area (Å²) in [7, 11) is 0. The highest BCUT2D eigenvalue weighted by Gasteiger charge is 2.15. The molecule has 0 aliphatic carbocycles. The molecule has 0 amide bonds. The van der Waals surface area contributed by atoms with Crippen molar-refractivity contribution in [2.24, 2.45) is 0 Å². The number of rotatable bonds is 4. The molecule has 0 saturated heterocycles. The van der Waals surface area contributed by atoms with Crippen molar-refractivity contribution < 1.29 is 0 Å². The number of hydrogen-bond acceptors (Lipinski definition) is 4. The molecule has 3 nitrogen and oxygen atoms in total. The van der Waals surface area contributed by atoms with Crippen LogP contribution in [0, 0.1) is 0 Å². The van der Waals surface area contributed by atoms with Crippen LogP contribution in [0.2, 0.25) is 0 Å². The van der Waals surface area contributed by atoms with Gasteiger partial charge in [0.1, 0.15) is 0 Å². The Balaban J connectivity index is 1.24. The van der Waals surface area contributed by atoms with Gasteiger partial charge < -0.3 is 0 Å². The van der Waals surface area contributed by atoms with Gasteiger partial charge in [-0.05, 0) is 39.4 Å². The summed E-state index contributed by atoms with van der Waals surface area (Å²) in [4.78, 5) is 15.1. The molecule has 9 rings (SSSR count). The van der Waals surface area contributed by atoms with E-state index in [9.17, 15) is 0 Å². The van der Waals surface area contributed by atoms with Crippen LogP contribution in [0.4, 0.5) is 0 Å². The van der Waals surface area contributed by atoms with E-state index >= 15 is 0 Å². The zero-order valence-corrected chi connectivity index (χ0v) is 25.0. The average Bonchev–Trinajstić information content (AvgIpc) is 3.51. The monoisotopic (exact) mass is 591 g/mol. The fourth-order valence-corrected chi connectivity index (χ4v) is 7.52. The van der Waals surface area contributed by atoms with Crippen molar-refractivity contribution in [2.45, 2.75) is 0 Å². The third kappa shape index (κ3) is 4.46. The molecule has 4 heteroatoms. The molecule has 0 atom stereocenters. The molecule has 0 aliphatic rings. The van der Waals surface area contributed by atoms with Gasteiger partial charge in [-0.3, -0.25) is 0 Å².